The Hall–Kier alpha value is -1.16. The molecule has 0 amide bonds. The van der Waals surface area contributed by atoms with Crippen LogP contribution in [0.4, 0.5) is 5.95 Å². The highest BCUT2D eigenvalue weighted by atomic mass is 15.3. The largest absolute Gasteiger partial charge is 0.339 e. The second-order valence-corrected chi connectivity index (χ2v) is 5.54. The molecule has 1 aliphatic rings. The lowest BCUT2D eigenvalue weighted by Gasteiger charge is -2.37. The lowest BCUT2D eigenvalue weighted by molar-refractivity contribution is 0.125. The van der Waals surface area contributed by atoms with Crippen LogP contribution in [0.15, 0.2) is 18.5 Å². The summed E-state index contributed by atoms with van der Waals surface area (Å²) < 4.78 is 0. The predicted octanol–water partition coefficient (Wildman–Crippen LogP) is 2.18. The summed E-state index contributed by atoms with van der Waals surface area (Å²) in [6.07, 6.45) is 6.01. The van der Waals surface area contributed by atoms with Gasteiger partial charge in [0.2, 0.25) is 5.95 Å². The molecule has 0 aromatic carbocycles. The van der Waals surface area contributed by atoms with E-state index in [1.165, 1.54) is 19.4 Å². The van der Waals surface area contributed by atoms with Crippen LogP contribution in [0.3, 0.4) is 0 Å². The van der Waals surface area contributed by atoms with Crippen LogP contribution in [0.1, 0.15) is 33.6 Å². The molecule has 18 heavy (non-hydrogen) atoms. The number of anilines is 1. The molecule has 0 spiro atoms. The zero-order valence-electron chi connectivity index (χ0n) is 11.8. The molecule has 4 nitrogen and oxygen atoms in total. The summed E-state index contributed by atoms with van der Waals surface area (Å²) in [6.45, 7) is 11.3. The van der Waals surface area contributed by atoms with Crippen molar-refractivity contribution in [3.8, 4) is 0 Å². The van der Waals surface area contributed by atoms with Crippen LogP contribution in [-0.2, 0) is 0 Å². The lowest BCUT2D eigenvalue weighted by atomic mass is 9.99. The van der Waals surface area contributed by atoms with Crippen LogP contribution in [0.5, 0.6) is 0 Å². The van der Waals surface area contributed by atoms with Gasteiger partial charge in [-0.1, -0.05) is 6.92 Å². The van der Waals surface area contributed by atoms with Gasteiger partial charge in [-0.2, -0.15) is 0 Å². The number of hydrogen-bond acceptors (Lipinski definition) is 4. The van der Waals surface area contributed by atoms with Gasteiger partial charge >= 0.3 is 0 Å². The summed E-state index contributed by atoms with van der Waals surface area (Å²) in [7, 11) is 0. The van der Waals surface area contributed by atoms with Crippen LogP contribution in [0.25, 0.3) is 0 Å². The molecule has 1 fully saturated rings. The molecule has 0 N–H and O–H groups in total. The van der Waals surface area contributed by atoms with Crippen LogP contribution >= 0.6 is 0 Å². The van der Waals surface area contributed by atoms with Crippen molar-refractivity contribution in [3.63, 3.8) is 0 Å². The van der Waals surface area contributed by atoms with Crippen molar-refractivity contribution in [1.82, 2.24) is 14.9 Å². The van der Waals surface area contributed by atoms with Gasteiger partial charge in [0.25, 0.3) is 0 Å². The van der Waals surface area contributed by atoms with Gasteiger partial charge in [-0.25, -0.2) is 9.97 Å². The van der Waals surface area contributed by atoms with E-state index in [-0.39, 0.29) is 0 Å². The highest BCUT2D eigenvalue weighted by Gasteiger charge is 2.27. The monoisotopic (exact) mass is 248 g/mol. The second kappa shape index (κ2) is 5.65. The topological polar surface area (TPSA) is 32.3 Å². The molecule has 2 heterocycles. The molecular weight excluding hydrogens is 224 g/mol. The minimum absolute atomic E-state index is 0.299. The van der Waals surface area contributed by atoms with Crippen LogP contribution < -0.4 is 4.90 Å². The third-order valence-electron chi connectivity index (χ3n) is 4.05. The number of hydrogen-bond donors (Lipinski definition) is 0. The maximum Gasteiger partial charge on any atom is 0.225 e. The van der Waals surface area contributed by atoms with Gasteiger partial charge in [-0.3, -0.25) is 4.90 Å². The normalized spacial score (nSPS) is 18.7. The van der Waals surface area contributed by atoms with Crippen molar-refractivity contribution >= 4 is 5.95 Å². The molecular formula is C14H24N4. The van der Waals surface area contributed by atoms with Gasteiger partial charge in [-0.05, 0) is 32.8 Å². The maximum atomic E-state index is 4.35. The van der Waals surface area contributed by atoms with Gasteiger partial charge in [0.15, 0.2) is 0 Å². The number of aromatic nitrogens is 2. The van der Waals surface area contributed by atoms with E-state index < -0.39 is 0 Å². The van der Waals surface area contributed by atoms with Crippen molar-refractivity contribution in [3.05, 3.63) is 18.5 Å². The van der Waals surface area contributed by atoms with E-state index in [9.17, 15) is 0 Å². The minimum Gasteiger partial charge on any atom is -0.339 e. The first-order valence-electron chi connectivity index (χ1n) is 6.90. The molecule has 0 radical (unpaired) electrons. The summed E-state index contributed by atoms with van der Waals surface area (Å²) in [5.74, 6) is 0.869. The van der Waals surface area contributed by atoms with Crippen molar-refractivity contribution < 1.29 is 0 Å². The highest BCUT2D eigenvalue weighted by Crippen LogP contribution is 2.21. The fourth-order valence-electron chi connectivity index (χ4n) is 2.40. The van der Waals surface area contributed by atoms with Crippen LogP contribution in [0, 0.1) is 0 Å². The number of nitrogens with zero attached hydrogens (tertiary/aromatic N) is 4. The molecule has 2 rings (SSSR count). The summed E-state index contributed by atoms with van der Waals surface area (Å²) in [5, 5.41) is 0. The average molecular weight is 248 g/mol. The first kappa shape index (κ1) is 13.3. The van der Waals surface area contributed by atoms with Gasteiger partial charge in [0.1, 0.15) is 0 Å². The molecule has 0 unspecified atom stereocenters. The molecule has 1 aliphatic heterocycles. The van der Waals surface area contributed by atoms with Crippen LogP contribution in [0.2, 0.25) is 0 Å². The Balaban J connectivity index is 2.01. The van der Waals surface area contributed by atoms with Crippen molar-refractivity contribution in [2.45, 2.75) is 39.2 Å². The first-order valence-corrected chi connectivity index (χ1v) is 6.90. The molecule has 100 valence electrons. The third-order valence-corrected chi connectivity index (χ3v) is 4.05. The molecule has 0 saturated carbocycles. The third kappa shape index (κ3) is 2.99. The molecule has 0 aliphatic carbocycles. The quantitative estimate of drug-likeness (QED) is 0.820. The van der Waals surface area contributed by atoms with Crippen LogP contribution in [-0.4, -0.2) is 46.6 Å². The van der Waals surface area contributed by atoms with Crippen molar-refractivity contribution in [2.75, 3.05) is 31.1 Å². The standard InChI is InChI=1S/C14H24N4/c1-4-14(2,3)18-10-6-9-17(11-12-18)13-15-7-5-8-16-13/h5,7-8H,4,6,9-12H2,1-3H3. The zero-order valence-corrected chi connectivity index (χ0v) is 11.8. The smallest absolute Gasteiger partial charge is 0.225 e. The summed E-state index contributed by atoms with van der Waals surface area (Å²) in [6, 6.07) is 1.87. The maximum absolute atomic E-state index is 4.35. The summed E-state index contributed by atoms with van der Waals surface area (Å²) >= 11 is 0. The van der Waals surface area contributed by atoms with Crippen molar-refractivity contribution in [2.24, 2.45) is 0 Å². The fraction of sp³-hybridized carbons (Fsp3) is 0.714. The minimum atomic E-state index is 0.299. The van der Waals surface area contributed by atoms with Gasteiger partial charge in [0, 0.05) is 44.1 Å². The molecule has 1 aromatic rings. The van der Waals surface area contributed by atoms with E-state index in [1.54, 1.807) is 0 Å². The Morgan fingerprint density at radius 2 is 1.83 bits per heavy atom. The van der Waals surface area contributed by atoms with E-state index in [0.29, 0.717) is 5.54 Å². The molecule has 0 atom stereocenters. The Labute approximate surface area is 110 Å². The molecule has 1 aromatic heterocycles. The average Bonchev–Trinajstić information content (AvgIpc) is 2.66. The Bertz CT molecular complexity index is 363. The zero-order chi connectivity index (χ0) is 13.0. The molecule has 1 saturated heterocycles. The molecule has 4 heteroatoms. The van der Waals surface area contributed by atoms with E-state index in [2.05, 4.69) is 40.5 Å². The highest BCUT2D eigenvalue weighted by molar-refractivity contribution is 5.28. The van der Waals surface area contributed by atoms with Gasteiger partial charge < -0.3 is 4.90 Å². The van der Waals surface area contributed by atoms with Crippen molar-refractivity contribution in [1.29, 1.82) is 0 Å². The number of rotatable bonds is 3. The van der Waals surface area contributed by atoms with E-state index in [4.69, 9.17) is 0 Å². The Morgan fingerprint density at radius 3 is 2.50 bits per heavy atom. The lowest BCUT2D eigenvalue weighted by Crippen LogP contribution is -2.45. The predicted molar refractivity (Wildman–Crippen MR) is 74.8 cm³/mol. The van der Waals surface area contributed by atoms with E-state index in [0.717, 1.165) is 25.6 Å². The Morgan fingerprint density at radius 1 is 1.11 bits per heavy atom. The Kier molecular flexibility index (Phi) is 4.17. The second-order valence-electron chi connectivity index (χ2n) is 5.54. The SMILES string of the molecule is CCC(C)(C)N1CCCN(c2ncccn2)CC1. The van der Waals surface area contributed by atoms with E-state index in [1.807, 2.05) is 18.5 Å². The van der Waals surface area contributed by atoms with Gasteiger partial charge in [0.05, 0.1) is 0 Å². The first-order chi connectivity index (χ1) is 8.63. The molecule has 0 bridgehead atoms. The fourth-order valence-corrected chi connectivity index (χ4v) is 2.40. The van der Waals surface area contributed by atoms with E-state index >= 15 is 0 Å². The summed E-state index contributed by atoms with van der Waals surface area (Å²) in [4.78, 5) is 13.6. The summed E-state index contributed by atoms with van der Waals surface area (Å²) in [5.41, 5.74) is 0.299. The van der Waals surface area contributed by atoms with Gasteiger partial charge in [-0.15, -0.1) is 0 Å².